The molecule has 0 bridgehead atoms. The molecule has 1 aliphatic heterocycles. The maximum absolute atomic E-state index is 13.9. The van der Waals surface area contributed by atoms with Crippen LogP contribution in [-0.4, -0.2) is 31.1 Å². The molecule has 0 aromatic heterocycles. The van der Waals surface area contributed by atoms with Crippen molar-refractivity contribution in [2.24, 2.45) is 0 Å². The lowest BCUT2D eigenvalue weighted by atomic mass is 9.81. The van der Waals surface area contributed by atoms with Gasteiger partial charge in [-0.2, -0.15) is 0 Å². The van der Waals surface area contributed by atoms with Crippen LogP contribution in [0.25, 0.3) is 0 Å². The Hall–Kier alpha value is -3.68. The molecule has 3 aromatic rings. The minimum atomic E-state index is -1.90. The zero-order chi connectivity index (χ0) is 28.4. The molecule has 0 unspecified atom stereocenters. The number of hydrogen-bond donors (Lipinski definition) is 1. The average Bonchev–Trinajstić information content (AvgIpc) is 2.97. The van der Waals surface area contributed by atoms with Gasteiger partial charge in [0.05, 0.1) is 29.1 Å². The van der Waals surface area contributed by atoms with E-state index in [1.807, 2.05) is 43.3 Å². The van der Waals surface area contributed by atoms with E-state index in [1.54, 1.807) is 18.2 Å². The van der Waals surface area contributed by atoms with E-state index in [0.29, 0.717) is 17.7 Å². The number of benzene rings is 3. The van der Waals surface area contributed by atoms with Crippen molar-refractivity contribution in [3.8, 4) is 11.5 Å². The molecular formula is C33H36O6Si. The summed E-state index contributed by atoms with van der Waals surface area (Å²) < 4.78 is 19.6. The standard InChI is InChI=1S/C33H36O6Si/c1-5-40(6-2,7-3)39-23-18-21(4)38-28(19-23)24-16-17-26-30(33(24)37-20-22-12-9-8-10-13-22)32(36)25-14-11-15-27(34)29(25)31(26)35/h8-18,21,28,34H,5-7,19-20H2,1-4H3/t21-,28-/m1/s1. The fourth-order valence-corrected chi connectivity index (χ4v) is 8.39. The molecule has 3 aromatic carbocycles. The Labute approximate surface area is 236 Å². The van der Waals surface area contributed by atoms with Gasteiger partial charge in [0.2, 0.25) is 8.32 Å². The van der Waals surface area contributed by atoms with Crippen molar-refractivity contribution in [3.63, 3.8) is 0 Å². The van der Waals surface area contributed by atoms with Gasteiger partial charge in [-0.25, -0.2) is 0 Å². The topological polar surface area (TPSA) is 82.1 Å². The Balaban J connectivity index is 1.58. The molecule has 1 N–H and O–H groups in total. The Bertz CT molecular complexity index is 1450. The fourth-order valence-electron chi connectivity index (χ4n) is 5.75. The van der Waals surface area contributed by atoms with Crippen LogP contribution in [0.4, 0.5) is 0 Å². The highest BCUT2D eigenvalue weighted by atomic mass is 28.4. The van der Waals surface area contributed by atoms with Gasteiger partial charge in [0, 0.05) is 23.1 Å². The molecule has 7 heteroatoms. The molecule has 6 nitrogen and oxygen atoms in total. The van der Waals surface area contributed by atoms with Crippen molar-refractivity contribution in [2.75, 3.05) is 0 Å². The van der Waals surface area contributed by atoms with Crippen LogP contribution >= 0.6 is 0 Å². The number of carbonyl (C=O) groups is 2. The van der Waals surface area contributed by atoms with Crippen LogP contribution in [0.1, 0.15) is 83.2 Å². The molecule has 0 saturated carbocycles. The molecule has 1 heterocycles. The Morgan fingerprint density at radius 2 is 1.55 bits per heavy atom. The van der Waals surface area contributed by atoms with E-state index in [1.165, 1.54) is 6.07 Å². The first-order valence-electron chi connectivity index (χ1n) is 14.1. The first kappa shape index (κ1) is 27.9. The molecule has 0 radical (unpaired) electrons. The Kier molecular flexibility index (Phi) is 7.96. The van der Waals surface area contributed by atoms with E-state index in [0.717, 1.165) is 29.5 Å². The lowest BCUT2D eigenvalue weighted by Crippen LogP contribution is -2.36. The summed E-state index contributed by atoms with van der Waals surface area (Å²) in [5, 5.41) is 10.4. The lowest BCUT2D eigenvalue weighted by molar-refractivity contribution is -0.000217. The number of ether oxygens (including phenoxy) is 2. The summed E-state index contributed by atoms with van der Waals surface area (Å²) in [6.07, 6.45) is 1.95. The maximum Gasteiger partial charge on any atom is 0.250 e. The molecule has 5 rings (SSSR count). The number of hydrogen-bond acceptors (Lipinski definition) is 6. The van der Waals surface area contributed by atoms with Crippen LogP contribution in [0.3, 0.4) is 0 Å². The van der Waals surface area contributed by atoms with Gasteiger partial charge in [-0.15, -0.1) is 0 Å². The monoisotopic (exact) mass is 556 g/mol. The molecule has 0 spiro atoms. The molecule has 40 heavy (non-hydrogen) atoms. The third-order valence-electron chi connectivity index (χ3n) is 8.21. The third-order valence-corrected chi connectivity index (χ3v) is 12.8. The Morgan fingerprint density at radius 3 is 2.25 bits per heavy atom. The van der Waals surface area contributed by atoms with Gasteiger partial charge in [0.15, 0.2) is 11.6 Å². The van der Waals surface area contributed by atoms with Gasteiger partial charge in [-0.3, -0.25) is 9.59 Å². The lowest BCUT2D eigenvalue weighted by Gasteiger charge is -2.36. The zero-order valence-electron chi connectivity index (χ0n) is 23.5. The first-order chi connectivity index (χ1) is 19.3. The third kappa shape index (κ3) is 5.11. The van der Waals surface area contributed by atoms with Gasteiger partial charge in [-0.05, 0) is 48.8 Å². The van der Waals surface area contributed by atoms with Gasteiger partial charge in [0.1, 0.15) is 18.1 Å². The first-order valence-corrected chi connectivity index (χ1v) is 16.6. The normalized spacial score (nSPS) is 18.6. The van der Waals surface area contributed by atoms with Crippen molar-refractivity contribution in [1.82, 2.24) is 0 Å². The summed E-state index contributed by atoms with van der Waals surface area (Å²) in [6, 6.07) is 20.8. The summed E-state index contributed by atoms with van der Waals surface area (Å²) in [4.78, 5) is 27.4. The van der Waals surface area contributed by atoms with Crippen LogP contribution < -0.4 is 4.74 Å². The SMILES string of the molecule is CC[Si](CC)(CC)OC1=C[C@@H](C)O[C@@H](c2ccc3c(c2OCc2ccccc2)C(=O)c2cccc(O)c2C3=O)C1. The maximum atomic E-state index is 13.9. The van der Waals surface area contributed by atoms with Crippen LogP contribution in [-0.2, 0) is 15.8 Å². The zero-order valence-corrected chi connectivity index (χ0v) is 24.5. The summed E-state index contributed by atoms with van der Waals surface area (Å²) >= 11 is 0. The van der Waals surface area contributed by atoms with Crippen molar-refractivity contribution in [2.45, 2.75) is 71.1 Å². The average molecular weight is 557 g/mol. The van der Waals surface area contributed by atoms with E-state index < -0.39 is 20.2 Å². The van der Waals surface area contributed by atoms with Gasteiger partial charge < -0.3 is 19.0 Å². The second kappa shape index (κ2) is 11.4. The quantitative estimate of drug-likeness (QED) is 0.215. The summed E-state index contributed by atoms with van der Waals surface area (Å²) in [7, 11) is -1.90. The van der Waals surface area contributed by atoms with Gasteiger partial charge in [0.25, 0.3) is 0 Å². The smallest absolute Gasteiger partial charge is 0.250 e. The highest BCUT2D eigenvalue weighted by molar-refractivity contribution is 6.73. The predicted molar refractivity (Wildman–Crippen MR) is 156 cm³/mol. The van der Waals surface area contributed by atoms with Crippen molar-refractivity contribution in [3.05, 3.63) is 106 Å². The van der Waals surface area contributed by atoms with Crippen LogP contribution in [0.5, 0.6) is 11.5 Å². The van der Waals surface area contributed by atoms with Crippen molar-refractivity contribution in [1.29, 1.82) is 0 Å². The number of aromatic hydroxyl groups is 1. The van der Waals surface area contributed by atoms with E-state index >= 15 is 0 Å². The summed E-state index contributed by atoms with van der Waals surface area (Å²) in [5.41, 5.74) is 2.27. The number of phenolic OH excluding ortho intramolecular Hbond substituents is 1. The highest BCUT2D eigenvalue weighted by Gasteiger charge is 2.38. The van der Waals surface area contributed by atoms with E-state index in [9.17, 15) is 14.7 Å². The van der Waals surface area contributed by atoms with Gasteiger partial charge in [-0.1, -0.05) is 69.3 Å². The molecule has 208 valence electrons. The molecule has 0 saturated heterocycles. The van der Waals surface area contributed by atoms with Crippen LogP contribution in [0.15, 0.2) is 72.5 Å². The second-order valence-corrected chi connectivity index (χ2v) is 15.2. The van der Waals surface area contributed by atoms with Crippen molar-refractivity contribution < 1.29 is 28.6 Å². The number of carbonyl (C=O) groups excluding carboxylic acids is 2. The Morgan fingerprint density at radius 1 is 0.875 bits per heavy atom. The molecule has 2 atom stereocenters. The summed E-state index contributed by atoms with van der Waals surface area (Å²) in [6.45, 7) is 8.82. The fraction of sp³-hybridized carbons (Fsp3) is 0.333. The largest absolute Gasteiger partial charge is 0.547 e. The molecule has 2 aliphatic rings. The van der Waals surface area contributed by atoms with Crippen LogP contribution in [0, 0.1) is 0 Å². The van der Waals surface area contributed by atoms with E-state index in [4.69, 9.17) is 13.9 Å². The molecule has 1 aliphatic carbocycles. The molecule has 0 fully saturated rings. The van der Waals surface area contributed by atoms with Gasteiger partial charge >= 0.3 is 0 Å². The second-order valence-electron chi connectivity index (χ2n) is 10.6. The minimum absolute atomic E-state index is 0.0305. The number of ketones is 2. The molecular weight excluding hydrogens is 520 g/mol. The predicted octanol–water partition coefficient (Wildman–Crippen LogP) is 7.50. The number of rotatable bonds is 9. The number of phenols is 1. The van der Waals surface area contributed by atoms with E-state index in [2.05, 4.69) is 26.8 Å². The minimum Gasteiger partial charge on any atom is -0.547 e. The summed E-state index contributed by atoms with van der Waals surface area (Å²) in [5.74, 6) is 0.313. The number of fused-ring (bicyclic) bond motifs is 2. The van der Waals surface area contributed by atoms with Crippen molar-refractivity contribution >= 4 is 19.9 Å². The molecule has 0 amide bonds. The highest BCUT2D eigenvalue weighted by Crippen LogP contribution is 2.44. The van der Waals surface area contributed by atoms with Crippen LogP contribution in [0.2, 0.25) is 18.1 Å². The van der Waals surface area contributed by atoms with E-state index in [-0.39, 0.29) is 46.5 Å².